The summed E-state index contributed by atoms with van der Waals surface area (Å²) in [6.45, 7) is 2.23. The van der Waals surface area contributed by atoms with Crippen LogP contribution in [0.25, 0.3) is 0 Å². The number of ether oxygens (including phenoxy) is 1. The van der Waals surface area contributed by atoms with Gasteiger partial charge in [-0.05, 0) is 49.3 Å². The topological polar surface area (TPSA) is 38.5 Å². The maximum absolute atomic E-state index is 6.07. The molecule has 0 radical (unpaired) electrons. The predicted molar refractivity (Wildman–Crippen MR) is 78.0 cm³/mol. The molecule has 0 amide bonds. The fourth-order valence-corrected chi connectivity index (χ4v) is 3.62. The Morgan fingerprint density at radius 1 is 1.21 bits per heavy atom. The minimum absolute atomic E-state index is 0.490. The molecule has 0 saturated heterocycles. The molecule has 2 N–H and O–H groups in total. The van der Waals surface area contributed by atoms with Gasteiger partial charge in [0.05, 0.1) is 6.10 Å². The van der Waals surface area contributed by atoms with Crippen molar-refractivity contribution < 1.29 is 4.74 Å². The average molecular weight is 260 g/mol. The van der Waals surface area contributed by atoms with E-state index < -0.39 is 0 Å². The van der Waals surface area contributed by atoms with E-state index in [9.17, 15) is 0 Å². The Hall–Kier alpha value is -1.06. The van der Waals surface area contributed by atoms with Crippen LogP contribution in [0.5, 0.6) is 0 Å². The number of rotatable bonds is 2. The summed E-state index contributed by atoms with van der Waals surface area (Å²) in [7, 11) is 1.84. The summed E-state index contributed by atoms with van der Waals surface area (Å²) in [4.78, 5) is 2.65. The van der Waals surface area contributed by atoms with Crippen LogP contribution in [0.4, 0.5) is 5.69 Å². The lowest BCUT2D eigenvalue weighted by atomic mass is 9.89. The number of anilines is 1. The van der Waals surface area contributed by atoms with E-state index >= 15 is 0 Å². The minimum atomic E-state index is 0.490. The number of benzene rings is 1. The number of fused-ring (bicyclic) bond motifs is 1. The van der Waals surface area contributed by atoms with Crippen molar-refractivity contribution in [2.45, 2.75) is 50.8 Å². The molecule has 104 valence electrons. The van der Waals surface area contributed by atoms with Gasteiger partial charge in [0.1, 0.15) is 0 Å². The van der Waals surface area contributed by atoms with Gasteiger partial charge in [0.25, 0.3) is 0 Å². The van der Waals surface area contributed by atoms with Crippen molar-refractivity contribution in [1.82, 2.24) is 4.90 Å². The molecule has 3 nitrogen and oxygen atoms in total. The maximum Gasteiger partial charge on any atom is 0.0572 e. The number of methoxy groups -OCH3 is 1. The SMILES string of the molecule is COC1CCC(N2CCc3c(N)cccc3C2)CC1. The highest BCUT2D eigenvalue weighted by molar-refractivity contribution is 5.51. The summed E-state index contributed by atoms with van der Waals surface area (Å²) in [5.41, 5.74) is 9.85. The maximum atomic E-state index is 6.07. The Kier molecular flexibility index (Phi) is 3.76. The molecule has 0 aromatic heterocycles. The van der Waals surface area contributed by atoms with Crippen LogP contribution >= 0.6 is 0 Å². The van der Waals surface area contributed by atoms with Crippen LogP contribution < -0.4 is 5.73 Å². The number of hydrogen-bond donors (Lipinski definition) is 1. The zero-order chi connectivity index (χ0) is 13.2. The second-order valence-corrected chi connectivity index (χ2v) is 5.87. The Morgan fingerprint density at radius 3 is 2.74 bits per heavy atom. The van der Waals surface area contributed by atoms with Gasteiger partial charge >= 0.3 is 0 Å². The first-order valence-electron chi connectivity index (χ1n) is 7.41. The molecule has 3 rings (SSSR count). The normalized spacial score (nSPS) is 28.1. The molecule has 1 aromatic carbocycles. The molecular weight excluding hydrogens is 236 g/mol. The molecule has 1 saturated carbocycles. The van der Waals surface area contributed by atoms with E-state index in [-0.39, 0.29) is 0 Å². The summed E-state index contributed by atoms with van der Waals surface area (Å²) < 4.78 is 5.46. The van der Waals surface area contributed by atoms with Crippen molar-refractivity contribution in [2.75, 3.05) is 19.4 Å². The first-order chi connectivity index (χ1) is 9.28. The van der Waals surface area contributed by atoms with E-state index in [1.165, 1.54) is 36.8 Å². The summed E-state index contributed by atoms with van der Waals surface area (Å²) in [6.07, 6.45) is 6.56. The quantitative estimate of drug-likeness (QED) is 0.831. The van der Waals surface area contributed by atoms with E-state index in [4.69, 9.17) is 10.5 Å². The zero-order valence-electron chi connectivity index (χ0n) is 11.8. The Labute approximate surface area is 115 Å². The zero-order valence-corrected chi connectivity index (χ0v) is 11.8. The average Bonchev–Trinajstić information content (AvgIpc) is 2.47. The first-order valence-corrected chi connectivity index (χ1v) is 7.41. The van der Waals surface area contributed by atoms with Gasteiger partial charge in [-0.1, -0.05) is 12.1 Å². The van der Waals surface area contributed by atoms with Gasteiger partial charge in [0.15, 0.2) is 0 Å². The van der Waals surface area contributed by atoms with E-state index in [0.717, 1.165) is 31.2 Å². The molecule has 0 bridgehead atoms. The van der Waals surface area contributed by atoms with Crippen LogP contribution in [0.1, 0.15) is 36.8 Å². The second-order valence-electron chi connectivity index (χ2n) is 5.87. The third-order valence-electron chi connectivity index (χ3n) is 4.83. The van der Waals surface area contributed by atoms with Crippen molar-refractivity contribution in [1.29, 1.82) is 0 Å². The largest absolute Gasteiger partial charge is 0.398 e. The van der Waals surface area contributed by atoms with Crippen molar-refractivity contribution in [3.8, 4) is 0 Å². The van der Waals surface area contributed by atoms with Crippen molar-refractivity contribution in [2.24, 2.45) is 0 Å². The van der Waals surface area contributed by atoms with Gasteiger partial charge in [0.2, 0.25) is 0 Å². The fraction of sp³-hybridized carbons (Fsp3) is 0.625. The number of nitrogens with two attached hydrogens (primary N) is 1. The molecule has 1 aliphatic heterocycles. The number of nitrogen functional groups attached to an aromatic ring is 1. The van der Waals surface area contributed by atoms with Crippen LogP contribution in [0, 0.1) is 0 Å². The number of nitrogens with zero attached hydrogens (tertiary/aromatic N) is 1. The summed E-state index contributed by atoms with van der Waals surface area (Å²) in [6, 6.07) is 7.08. The molecule has 1 fully saturated rings. The molecule has 3 heteroatoms. The van der Waals surface area contributed by atoms with Crippen molar-refractivity contribution >= 4 is 5.69 Å². The lowest BCUT2D eigenvalue weighted by Gasteiger charge is -2.39. The highest BCUT2D eigenvalue weighted by atomic mass is 16.5. The van der Waals surface area contributed by atoms with E-state index in [1.807, 2.05) is 13.2 Å². The van der Waals surface area contributed by atoms with Gasteiger partial charge in [0, 0.05) is 31.9 Å². The third-order valence-corrected chi connectivity index (χ3v) is 4.83. The molecule has 1 aliphatic carbocycles. The minimum Gasteiger partial charge on any atom is -0.398 e. The smallest absolute Gasteiger partial charge is 0.0572 e. The van der Waals surface area contributed by atoms with Gasteiger partial charge in [-0.15, -0.1) is 0 Å². The lowest BCUT2D eigenvalue weighted by Crippen LogP contribution is -2.42. The highest BCUT2D eigenvalue weighted by Gasteiger charge is 2.28. The molecule has 1 aromatic rings. The van der Waals surface area contributed by atoms with E-state index in [0.29, 0.717) is 6.10 Å². The summed E-state index contributed by atoms with van der Waals surface area (Å²) >= 11 is 0. The van der Waals surface area contributed by atoms with Crippen LogP contribution in [-0.4, -0.2) is 30.7 Å². The summed E-state index contributed by atoms with van der Waals surface area (Å²) in [5.74, 6) is 0. The molecule has 2 aliphatic rings. The van der Waals surface area contributed by atoms with Gasteiger partial charge in [-0.3, -0.25) is 4.90 Å². The van der Waals surface area contributed by atoms with Gasteiger partial charge < -0.3 is 10.5 Å². The molecule has 0 spiro atoms. The van der Waals surface area contributed by atoms with Gasteiger partial charge in [-0.2, -0.15) is 0 Å². The Balaban J connectivity index is 1.66. The molecule has 0 unspecified atom stereocenters. The molecule has 1 heterocycles. The molecular formula is C16H24N2O. The Bertz CT molecular complexity index is 438. The second kappa shape index (κ2) is 5.51. The summed E-state index contributed by atoms with van der Waals surface area (Å²) in [5, 5.41) is 0. The van der Waals surface area contributed by atoms with Gasteiger partial charge in [-0.25, -0.2) is 0 Å². The predicted octanol–water partition coefficient (Wildman–Crippen LogP) is 2.58. The van der Waals surface area contributed by atoms with Crippen LogP contribution in [0.15, 0.2) is 18.2 Å². The monoisotopic (exact) mass is 260 g/mol. The van der Waals surface area contributed by atoms with Crippen molar-refractivity contribution in [3.63, 3.8) is 0 Å². The third kappa shape index (κ3) is 2.63. The van der Waals surface area contributed by atoms with E-state index in [2.05, 4.69) is 17.0 Å². The fourth-order valence-electron chi connectivity index (χ4n) is 3.62. The lowest BCUT2D eigenvalue weighted by molar-refractivity contribution is 0.0350. The van der Waals surface area contributed by atoms with Crippen LogP contribution in [-0.2, 0) is 17.7 Å². The highest BCUT2D eigenvalue weighted by Crippen LogP contribution is 2.30. The Morgan fingerprint density at radius 2 is 2.00 bits per heavy atom. The van der Waals surface area contributed by atoms with Crippen LogP contribution in [0.3, 0.4) is 0 Å². The van der Waals surface area contributed by atoms with Crippen LogP contribution in [0.2, 0.25) is 0 Å². The number of hydrogen-bond acceptors (Lipinski definition) is 3. The first kappa shape index (κ1) is 12.9. The molecule has 19 heavy (non-hydrogen) atoms. The van der Waals surface area contributed by atoms with Crippen molar-refractivity contribution in [3.05, 3.63) is 29.3 Å². The van der Waals surface area contributed by atoms with E-state index in [1.54, 1.807) is 0 Å². The standard InChI is InChI=1S/C16H24N2O/c1-19-14-7-5-13(6-8-14)18-10-9-15-12(11-18)3-2-4-16(15)17/h2-4,13-14H,5-11,17H2,1H3. The molecule has 0 atom stereocenters.